The number of rotatable bonds is 3. The molecule has 1 atom stereocenters. The fourth-order valence-electron chi connectivity index (χ4n) is 2.06. The number of carbonyl (C=O) groups is 1. The second kappa shape index (κ2) is 5.19. The summed E-state index contributed by atoms with van der Waals surface area (Å²) in [6.07, 6.45) is 0. The SMILES string of the molecule is Cc1cc(Br)oc1C(=O)[C@H](C#N)c1nc2ccccc2o1. The standard InChI is InChI=1S/C15H9BrN2O3/c1-8-6-12(16)21-14(8)13(19)9(7-17)15-18-10-4-2-3-5-11(10)20-15/h2-6,9H,1H3/t9-/m0/s1. The molecule has 0 saturated carbocycles. The summed E-state index contributed by atoms with van der Waals surface area (Å²) in [5.41, 5.74) is 1.80. The molecule has 3 rings (SSSR count). The number of fused-ring (bicyclic) bond motifs is 1. The number of oxazole rings is 1. The van der Waals surface area contributed by atoms with Crippen molar-refractivity contribution >= 4 is 32.8 Å². The van der Waals surface area contributed by atoms with Crippen molar-refractivity contribution in [2.45, 2.75) is 12.8 Å². The minimum Gasteiger partial charge on any atom is -0.446 e. The van der Waals surface area contributed by atoms with Gasteiger partial charge < -0.3 is 8.83 Å². The molecule has 1 aromatic carbocycles. The normalized spacial score (nSPS) is 12.2. The Morgan fingerprint density at radius 2 is 2.14 bits per heavy atom. The van der Waals surface area contributed by atoms with Gasteiger partial charge in [-0.3, -0.25) is 4.79 Å². The Labute approximate surface area is 128 Å². The fraction of sp³-hybridized carbons (Fsp3) is 0.133. The molecular formula is C15H9BrN2O3. The molecule has 2 aromatic heterocycles. The second-order valence-electron chi connectivity index (χ2n) is 4.51. The summed E-state index contributed by atoms with van der Waals surface area (Å²) in [5, 5.41) is 9.31. The lowest BCUT2D eigenvalue weighted by Crippen LogP contribution is -2.11. The van der Waals surface area contributed by atoms with Crippen molar-refractivity contribution in [3.8, 4) is 6.07 Å². The van der Waals surface area contributed by atoms with Crippen LogP contribution in [0.2, 0.25) is 0 Å². The van der Waals surface area contributed by atoms with Crippen molar-refractivity contribution in [2.24, 2.45) is 0 Å². The molecule has 3 aromatic rings. The van der Waals surface area contributed by atoms with E-state index in [0.29, 0.717) is 21.3 Å². The number of halogens is 1. The van der Waals surface area contributed by atoms with Crippen molar-refractivity contribution in [1.82, 2.24) is 4.98 Å². The average Bonchev–Trinajstić information content (AvgIpc) is 3.02. The third-order valence-corrected chi connectivity index (χ3v) is 3.45. The quantitative estimate of drug-likeness (QED) is 0.671. The van der Waals surface area contributed by atoms with Crippen molar-refractivity contribution in [3.63, 3.8) is 0 Å². The molecule has 0 aliphatic rings. The van der Waals surface area contributed by atoms with Gasteiger partial charge in [0.25, 0.3) is 0 Å². The molecule has 0 N–H and O–H groups in total. The number of nitriles is 1. The molecule has 0 aliphatic carbocycles. The number of carbonyl (C=O) groups excluding carboxylic acids is 1. The number of aryl methyl sites for hydroxylation is 1. The molecule has 21 heavy (non-hydrogen) atoms. The van der Waals surface area contributed by atoms with Crippen LogP contribution in [0.5, 0.6) is 0 Å². The summed E-state index contributed by atoms with van der Waals surface area (Å²) in [4.78, 5) is 16.7. The Hall–Kier alpha value is -2.39. The van der Waals surface area contributed by atoms with Gasteiger partial charge in [-0.05, 0) is 46.6 Å². The summed E-state index contributed by atoms with van der Waals surface area (Å²) in [7, 11) is 0. The van der Waals surface area contributed by atoms with Crippen LogP contribution in [-0.2, 0) is 0 Å². The smallest absolute Gasteiger partial charge is 0.224 e. The Balaban J connectivity index is 2.04. The van der Waals surface area contributed by atoms with E-state index in [1.165, 1.54) is 0 Å². The number of hydrogen-bond acceptors (Lipinski definition) is 5. The maximum absolute atomic E-state index is 12.5. The van der Waals surface area contributed by atoms with Gasteiger partial charge in [0.1, 0.15) is 5.52 Å². The number of nitrogens with zero attached hydrogens (tertiary/aromatic N) is 2. The van der Waals surface area contributed by atoms with Crippen LogP contribution < -0.4 is 0 Å². The molecule has 0 amide bonds. The molecule has 0 bridgehead atoms. The van der Waals surface area contributed by atoms with E-state index in [-0.39, 0.29) is 11.7 Å². The third kappa shape index (κ3) is 2.36. The lowest BCUT2D eigenvalue weighted by molar-refractivity contribution is 0.0941. The Bertz CT molecular complexity index is 840. The number of benzene rings is 1. The maximum Gasteiger partial charge on any atom is 0.224 e. The highest BCUT2D eigenvalue weighted by Gasteiger charge is 2.30. The first-order valence-electron chi connectivity index (χ1n) is 6.15. The zero-order chi connectivity index (χ0) is 15.0. The van der Waals surface area contributed by atoms with Crippen LogP contribution in [-0.4, -0.2) is 10.8 Å². The molecule has 6 heteroatoms. The summed E-state index contributed by atoms with van der Waals surface area (Å²) in [6, 6.07) is 10.7. The predicted molar refractivity (Wildman–Crippen MR) is 77.8 cm³/mol. The molecule has 104 valence electrons. The van der Waals surface area contributed by atoms with Gasteiger partial charge in [-0.15, -0.1) is 0 Å². The Morgan fingerprint density at radius 3 is 2.76 bits per heavy atom. The van der Waals surface area contributed by atoms with Gasteiger partial charge >= 0.3 is 0 Å². The number of hydrogen-bond donors (Lipinski definition) is 0. The van der Waals surface area contributed by atoms with Crippen LogP contribution in [0.3, 0.4) is 0 Å². The number of Topliss-reactive ketones (excluding diaryl/α,β-unsaturated/α-hetero) is 1. The number of aromatic nitrogens is 1. The molecule has 5 nitrogen and oxygen atoms in total. The van der Waals surface area contributed by atoms with Gasteiger partial charge in [-0.25, -0.2) is 4.98 Å². The zero-order valence-electron chi connectivity index (χ0n) is 11.0. The van der Waals surface area contributed by atoms with Crippen LogP contribution in [0, 0.1) is 18.3 Å². The van der Waals surface area contributed by atoms with E-state index < -0.39 is 11.7 Å². The van der Waals surface area contributed by atoms with Crippen LogP contribution in [0.4, 0.5) is 0 Å². The summed E-state index contributed by atoms with van der Waals surface area (Å²) in [6.45, 7) is 1.74. The van der Waals surface area contributed by atoms with Gasteiger partial charge in [0.05, 0.1) is 6.07 Å². The van der Waals surface area contributed by atoms with Gasteiger partial charge in [-0.1, -0.05) is 12.1 Å². The van der Waals surface area contributed by atoms with Crippen LogP contribution in [0.15, 0.2) is 43.8 Å². The van der Waals surface area contributed by atoms with Gasteiger partial charge in [0.15, 0.2) is 21.9 Å². The Kier molecular flexibility index (Phi) is 3.35. The van der Waals surface area contributed by atoms with Gasteiger partial charge in [0, 0.05) is 0 Å². The van der Waals surface area contributed by atoms with Crippen molar-refractivity contribution in [3.05, 3.63) is 52.2 Å². The molecule has 0 spiro atoms. The summed E-state index contributed by atoms with van der Waals surface area (Å²) < 4.78 is 11.2. The van der Waals surface area contributed by atoms with E-state index in [1.807, 2.05) is 12.1 Å². The van der Waals surface area contributed by atoms with Crippen LogP contribution in [0.1, 0.15) is 27.9 Å². The first kappa shape index (κ1) is 13.6. The lowest BCUT2D eigenvalue weighted by atomic mass is 10.0. The topological polar surface area (TPSA) is 80.0 Å². The highest BCUT2D eigenvalue weighted by atomic mass is 79.9. The minimum atomic E-state index is -1.13. The first-order valence-corrected chi connectivity index (χ1v) is 6.94. The van der Waals surface area contributed by atoms with E-state index in [0.717, 1.165) is 0 Å². The van der Waals surface area contributed by atoms with Gasteiger partial charge in [-0.2, -0.15) is 5.26 Å². The zero-order valence-corrected chi connectivity index (χ0v) is 12.5. The van der Waals surface area contributed by atoms with E-state index >= 15 is 0 Å². The van der Waals surface area contributed by atoms with Crippen LogP contribution >= 0.6 is 15.9 Å². The molecular weight excluding hydrogens is 336 g/mol. The highest BCUT2D eigenvalue weighted by molar-refractivity contribution is 9.10. The highest BCUT2D eigenvalue weighted by Crippen LogP contribution is 2.28. The van der Waals surface area contributed by atoms with Gasteiger partial charge in [0.2, 0.25) is 11.7 Å². The second-order valence-corrected chi connectivity index (χ2v) is 5.29. The van der Waals surface area contributed by atoms with E-state index in [2.05, 4.69) is 20.9 Å². The minimum absolute atomic E-state index is 0.0793. The molecule has 0 fully saturated rings. The lowest BCUT2D eigenvalue weighted by Gasteiger charge is -2.02. The summed E-state index contributed by atoms with van der Waals surface area (Å²) in [5.74, 6) is -1.38. The third-order valence-electron chi connectivity index (χ3n) is 3.06. The Morgan fingerprint density at radius 1 is 1.38 bits per heavy atom. The summed E-state index contributed by atoms with van der Waals surface area (Å²) >= 11 is 3.17. The molecule has 0 aliphatic heterocycles. The van der Waals surface area contributed by atoms with E-state index in [9.17, 15) is 10.1 Å². The van der Waals surface area contributed by atoms with Crippen LogP contribution in [0.25, 0.3) is 11.1 Å². The van der Waals surface area contributed by atoms with Crippen molar-refractivity contribution < 1.29 is 13.6 Å². The number of para-hydroxylation sites is 2. The number of furan rings is 1. The number of ketones is 1. The molecule has 0 unspecified atom stereocenters. The molecule has 2 heterocycles. The molecule has 0 radical (unpaired) electrons. The fourth-order valence-corrected chi connectivity index (χ4v) is 2.56. The van der Waals surface area contributed by atoms with E-state index in [4.69, 9.17) is 8.83 Å². The van der Waals surface area contributed by atoms with Crippen molar-refractivity contribution in [1.29, 1.82) is 5.26 Å². The predicted octanol–water partition coefficient (Wildman–Crippen LogP) is 3.98. The average molecular weight is 345 g/mol. The van der Waals surface area contributed by atoms with Crippen molar-refractivity contribution in [2.75, 3.05) is 0 Å². The monoisotopic (exact) mass is 344 g/mol. The first-order chi connectivity index (χ1) is 10.1. The van der Waals surface area contributed by atoms with E-state index in [1.54, 1.807) is 31.2 Å². The molecule has 0 saturated heterocycles. The largest absolute Gasteiger partial charge is 0.446 e. The maximum atomic E-state index is 12.5.